The van der Waals surface area contributed by atoms with Gasteiger partial charge in [-0.3, -0.25) is 0 Å². The lowest BCUT2D eigenvalue weighted by Gasteiger charge is -2.46. The van der Waals surface area contributed by atoms with Crippen molar-refractivity contribution in [2.75, 3.05) is 0 Å². The standard InChI is InChI=1S/C20H16F3S.2C18H16F2O3S.C18H15S/c1-15-12-16(20(21,22)23)14-19(13-15)24(17-8-4-2-5-9-17)18-10-6-3-7-11-18;2*19-18(20,24(21,22)23)10-11-9-16-12-5-1-3-7-14(12)17(11)15-8-4-2-6-13(15)16;1-4-10-16(11-5-1)19(17-12-6-2-7-13-17)18-14-8-3-9-15-18/h2-14H,1H3;2*1-8,11,16-17H,9-10H2,(H,21,22,23);1-15H/q+1;;;+1/p-2. The molecule has 10 aromatic carbocycles. The first-order valence-corrected chi connectivity index (χ1v) is 34.7. The van der Waals surface area contributed by atoms with Crippen LogP contribution in [0.2, 0.25) is 0 Å². The number of alkyl halides is 7. The quantitative estimate of drug-likeness (QED) is 0.0684. The van der Waals surface area contributed by atoms with E-state index in [0.29, 0.717) is 23.3 Å². The summed E-state index contributed by atoms with van der Waals surface area (Å²) >= 11 is 0. The number of halogens is 7. The molecule has 0 heterocycles. The molecule has 466 valence electrons. The predicted molar refractivity (Wildman–Crippen MR) is 341 cm³/mol. The third kappa shape index (κ3) is 14.0. The maximum atomic E-state index is 13.9. The number of rotatable bonds is 12. The Morgan fingerprint density at radius 1 is 0.352 bits per heavy atom. The van der Waals surface area contributed by atoms with Gasteiger partial charge >= 0.3 is 16.7 Å². The van der Waals surface area contributed by atoms with Crippen LogP contribution >= 0.6 is 0 Å². The topological polar surface area (TPSA) is 114 Å². The van der Waals surface area contributed by atoms with Crippen LogP contribution in [0.4, 0.5) is 30.7 Å². The van der Waals surface area contributed by atoms with Crippen molar-refractivity contribution in [2.45, 2.75) is 102 Å². The Kier molecular flexibility index (Phi) is 19.1. The van der Waals surface area contributed by atoms with E-state index in [1.165, 1.54) is 26.8 Å². The molecule has 0 saturated carbocycles. The lowest BCUT2D eigenvalue weighted by molar-refractivity contribution is -0.137. The molecule has 6 aliphatic carbocycles. The van der Waals surface area contributed by atoms with Gasteiger partial charge in [-0.05, 0) is 154 Å². The van der Waals surface area contributed by atoms with Crippen molar-refractivity contribution in [2.24, 2.45) is 11.8 Å². The molecule has 0 N–H and O–H groups in total. The summed E-state index contributed by atoms with van der Waals surface area (Å²) in [6.45, 7) is 1.70. The third-order valence-electron chi connectivity index (χ3n) is 17.1. The first kappa shape index (κ1) is 64.7. The van der Waals surface area contributed by atoms with Gasteiger partial charge in [0.2, 0.25) is 0 Å². The molecule has 0 aliphatic heterocycles. The first-order chi connectivity index (χ1) is 43.5. The fourth-order valence-electron chi connectivity index (χ4n) is 13.4. The maximum Gasteiger partial charge on any atom is 0.416 e. The highest BCUT2D eigenvalue weighted by Gasteiger charge is 2.51. The summed E-state index contributed by atoms with van der Waals surface area (Å²) in [5.74, 6) is -1.79. The molecule has 10 aromatic rings. The molecule has 0 saturated heterocycles. The van der Waals surface area contributed by atoms with E-state index in [2.05, 4.69) is 91.0 Å². The van der Waals surface area contributed by atoms with Crippen LogP contribution in [-0.2, 0) is 48.2 Å². The number of fused-ring (bicyclic) bond motifs is 2. The molecule has 0 spiro atoms. The molecule has 6 nitrogen and oxygen atoms in total. The minimum Gasteiger partial charge on any atom is -0.743 e. The SMILES string of the molecule is Cc1cc([S+](c2ccccc2)c2ccccc2)cc(C(F)(F)F)c1.O=S(=O)([O-])C(F)(F)CC1CC2c3ccccc3C1c1ccccc12.O=S(=O)([O-])C(F)(F)CC1CC2c3ccccc3C1c1ccccc12.c1ccc([S+](c2ccccc2)c2ccccc2)cc1. The van der Waals surface area contributed by atoms with Crippen molar-refractivity contribution in [1.29, 1.82) is 0 Å². The average molecular weight is 1310 g/mol. The van der Waals surface area contributed by atoms with Gasteiger partial charge in [0, 0.05) is 42.6 Å². The largest absolute Gasteiger partial charge is 0.743 e. The van der Waals surface area contributed by atoms with Crippen molar-refractivity contribution in [3.8, 4) is 0 Å². The van der Waals surface area contributed by atoms with Crippen LogP contribution in [0.25, 0.3) is 0 Å². The van der Waals surface area contributed by atoms with E-state index in [-0.39, 0.29) is 34.6 Å². The van der Waals surface area contributed by atoms with Crippen molar-refractivity contribution < 1.29 is 56.7 Å². The fraction of sp³-hybridized carbons (Fsp3) is 0.189. The van der Waals surface area contributed by atoms with Crippen LogP contribution < -0.4 is 0 Å². The Labute approximate surface area is 532 Å². The van der Waals surface area contributed by atoms with Crippen LogP contribution in [0.15, 0.2) is 296 Å². The predicted octanol–water partition coefficient (Wildman–Crippen LogP) is 18.5. The number of benzene rings is 10. The van der Waals surface area contributed by atoms with Gasteiger partial charge in [-0.15, -0.1) is 0 Å². The van der Waals surface area contributed by atoms with E-state index < -0.39 is 78.1 Å². The molecule has 0 aromatic heterocycles. The number of hydrogen-bond acceptors (Lipinski definition) is 6. The zero-order valence-electron chi connectivity index (χ0n) is 48.9. The van der Waals surface area contributed by atoms with Crippen LogP contribution in [0.3, 0.4) is 0 Å². The summed E-state index contributed by atoms with van der Waals surface area (Å²) in [5, 5.41) is -8.47. The van der Waals surface area contributed by atoms with Crippen molar-refractivity contribution in [1.82, 2.24) is 0 Å². The summed E-state index contributed by atoms with van der Waals surface area (Å²) in [4.78, 5) is 6.77. The fourth-order valence-corrected chi connectivity index (χ4v) is 18.5. The van der Waals surface area contributed by atoms with Crippen LogP contribution in [0.5, 0.6) is 0 Å². The smallest absolute Gasteiger partial charge is 0.416 e. The summed E-state index contributed by atoms with van der Waals surface area (Å²) in [6.07, 6.45) is -5.33. The molecule has 0 radical (unpaired) electrons. The zero-order chi connectivity index (χ0) is 64.3. The van der Waals surface area contributed by atoms with Crippen LogP contribution in [-0.4, -0.2) is 36.5 Å². The summed E-state index contributed by atoms with van der Waals surface area (Å²) in [7, 11) is -11.9. The summed E-state index contributed by atoms with van der Waals surface area (Å²) in [6, 6.07) is 86.6. The third-order valence-corrected chi connectivity index (χ3v) is 23.3. The average Bonchev–Trinajstić information content (AvgIpc) is 0.740. The molecule has 2 atom stereocenters. The molecule has 17 heteroatoms. The summed E-state index contributed by atoms with van der Waals surface area (Å²) < 4.78 is 161. The normalized spacial score (nSPS) is 18.6. The van der Waals surface area contributed by atoms with Gasteiger partial charge in [-0.1, -0.05) is 188 Å². The molecule has 2 unspecified atom stereocenters. The Hall–Kier alpha value is -7.77. The Morgan fingerprint density at radius 3 is 0.846 bits per heavy atom. The second kappa shape index (κ2) is 26.8. The number of aryl methyl sites for hydroxylation is 1. The van der Waals surface area contributed by atoms with Gasteiger partial charge < -0.3 is 9.11 Å². The second-order valence-electron chi connectivity index (χ2n) is 22.9. The highest BCUT2D eigenvalue weighted by Crippen LogP contribution is 2.59. The highest BCUT2D eigenvalue weighted by molar-refractivity contribution is 7.97. The first-order valence-electron chi connectivity index (χ1n) is 29.4. The van der Waals surface area contributed by atoms with Gasteiger partial charge in [0.15, 0.2) is 49.6 Å². The van der Waals surface area contributed by atoms with E-state index in [1.54, 1.807) is 6.92 Å². The lowest BCUT2D eigenvalue weighted by atomic mass is 9.58. The van der Waals surface area contributed by atoms with E-state index in [0.717, 1.165) is 54.3 Å². The minimum absolute atomic E-state index is 0.0146. The molecule has 0 amide bonds. The van der Waals surface area contributed by atoms with E-state index in [1.807, 2.05) is 164 Å². The van der Waals surface area contributed by atoms with Crippen molar-refractivity contribution in [3.05, 3.63) is 323 Å². The van der Waals surface area contributed by atoms with Gasteiger partial charge in [0.1, 0.15) is 0 Å². The monoisotopic (exact) mass is 1310 g/mol. The highest BCUT2D eigenvalue weighted by atomic mass is 32.2. The maximum absolute atomic E-state index is 13.9. The van der Waals surface area contributed by atoms with Gasteiger partial charge in [-0.25, -0.2) is 16.8 Å². The van der Waals surface area contributed by atoms with Gasteiger partial charge in [0.05, 0.1) is 27.4 Å². The molecular formula is C74H61F7O6S4. The number of hydrogen-bond donors (Lipinski definition) is 0. The van der Waals surface area contributed by atoms with Gasteiger partial charge in [-0.2, -0.15) is 30.7 Å². The Morgan fingerprint density at radius 2 is 0.593 bits per heavy atom. The minimum atomic E-state index is -5.66. The van der Waals surface area contributed by atoms with Crippen molar-refractivity contribution in [3.63, 3.8) is 0 Å². The summed E-state index contributed by atoms with van der Waals surface area (Å²) in [5.41, 5.74) is 8.36. The molecule has 6 aliphatic rings. The van der Waals surface area contributed by atoms with E-state index >= 15 is 0 Å². The van der Waals surface area contributed by atoms with Gasteiger partial charge in [0.25, 0.3) is 0 Å². The second-order valence-corrected chi connectivity index (χ2v) is 29.9. The van der Waals surface area contributed by atoms with Crippen molar-refractivity contribution >= 4 is 42.0 Å². The molecule has 16 rings (SSSR count). The van der Waals surface area contributed by atoms with Crippen LogP contribution in [0.1, 0.15) is 105 Å². The molecular weight excluding hydrogens is 1250 g/mol. The van der Waals surface area contributed by atoms with E-state index in [4.69, 9.17) is 0 Å². The van der Waals surface area contributed by atoms with Crippen LogP contribution in [0, 0.1) is 18.8 Å². The Bertz CT molecular complexity index is 4000. The molecule has 4 bridgehead atoms. The molecule has 91 heavy (non-hydrogen) atoms. The molecule has 0 fully saturated rings. The van der Waals surface area contributed by atoms with E-state index in [9.17, 15) is 56.7 Å². The zero-order valence-corrected chi connectivity index (χ0v) is 52.2. The Balaban J connectivity index is 0.000000125. The lowest BCUT2D eigenvalue weighted by Crippen LogP contribution is -2.38.